The van der Waals surface area contributed by atoms with E-state index in [1.807, 2.05) is 0 Å². The van der Waals surface area contributed by atoms with Crippen molar-refractivity contribution in [2.75, 3.05) is 13.1 Å². The largest absolute Gasteiger partial charge is 0.368 e. The topological polar surface area (TPSA) is 75.4 Å². The summed E-state index contributed by atoms with van der Waals surface area (Å²) in [6, 6.07) is -0.524. The van der Waals surface area contributed by atoms with Gasteiger partial charge in [0.15, 0.2) is 0 Å². The number of carbonyl (C=O) groups excluding carboxylic acids is 2. The maximum atomic E-state index is 12.6. The summed E-state index contributed by atoms with van der Waals surface area (Å²) >= 11 is 0. The summed E-state index contributed by atoms with van der Waals surface area (Å²) in [4.78, 5) is 25.8. The number of rotatable bonds is 3. The molecule has 2 rings (SSSR count). The van der Waals surface area contributed by atoms with Crippen LogP contribution >= 0.6 is 0 Å². The van der Waals surface area contributed by atoms with Crippen molar-refractivity contribution in [3.8, 4) is 0 Å². The Morgan fingerprint density at radius 2 is 2.11 bits per heavy atom. The van der Waals surface area contributed by atoms with Crippen LogP contribution in [0.4, 0.5) is 0 Å². The molecule has 0 aliphatic carbocycles. The van der Waals surface area contributed by atoms with Crippen LogP contribution in [0.25, 0.3) is 0 Å². The van der Waals surface area contributed by atoms with Gasteiger partial charge in [-0.25, -0.2) is 0 Å². The van der Waals surface area contributed by atoms with Gasteiger partial charge in [0.1, 0.15) is 6.04 Å². The van der Waals surface area contributed by atoms with Crippen molar-refractivity contribution in [3.05, 3.63) is 0 Å². The molecule has 0 aromatic heterocycles. The fourth-order valence-corrected chi connectivity index (χ4v) is 3.25. The maximum absolute atomic E-state index is 12.6. The number of hydrogen-bond donors (Lipinski definition) is 2. The van der Waals surface area contributed by atoms with E-state index in [1.165, 1.54) is 0 Å². The molecule has 2 fully saturated rings. The monoisotopic (exact) mass is 267 g/mol. The zero-order chi connectivity index (χ0) is 13.8. The van der Waals surface area contributed by atoms with Crippen molar-refractivity contribution in [2.24, 2.45) is 11.7 Å². The quantitative estimate of drug-likeness (QED) is 0.787. The van der Waals surface area contributed by atoms with E-state index in [2.05, 4.69) is 12.2 Å². The molecule has 5 nitrogen and oxygen atoms in total. The number of hydrogen-bond acceptors (Lipinski definition) is 3. The molecule has 2 amide bonds. The summed E-state index contributed by atoms with van der Waals surface area (Å²) in [5.41, 5.74) is 5.43. The van der Waals surface area contributed by atoms with Crippen molar-refractivity contribution in [1.82, 2.24) is 10.2 Å². The van der Waals surface area contributed by atoms with Crippen molar-refractivity contribution >= 4 is 11.8 Å². The number of primary amides is 1. The van der Waals surface area contributed by atoms with Crippen molar-refractivity contribution < 1.29 is 9.59 Å². The number of nitrogens with two attached hydrogens (primary N) is 1. The van der Waals surface area contributed by atoms with E-state index in [4.69, 9.17) is 5.73 Å². The normalized spacial score (nSPS) is 32.1. The van der Waals surface area contributed by atoms with Gasteiger partial charge >= 0.3 is 0 Å². The summed E-state index contributed by atoms with van der Waals surface area (Å²) in [6.45, 7) is 3.73. The third kappa shape index (κ3) is 3.26. The standard InChI is InChI=1S/C14H25N3O2/c1-2-10-6-7-16-11(9-10)14(19)17-8-4-3-5-12(17)13(15)18/h10-12,16H,2-9H2,1H3,(H2,15,18). The summed E-state index contributed by atoms with van der Waals surface area (Å²) in [7, 11) is 0. The lowest BCUT2D eigenvalue weighted by molar-refractivity contribution is -0.143. The first-order valence-corrected chi connectivity index (χ1v) is 7.46. The second-order valence-corrected chi connectivity index (χ2v) is 5.75. The Labute approximate surface area is 114 Å². The predicted octanol–water partition coefficient (Wildman–Crippen LogP) is 0.631. The molecule has 19 heavy (non-hydrogen) atoms. The van der Waals surface area contributed by atoms with Gasteiger partial charge in [-0.3, -0.25) is 9.59 Å². The summed E-state index contributed by atoms with van der Waals surface area (Å²) in [6.07, 6.45) is 5.80. The Kier molecular flexibility index (Phi) is 4.80. The molecule has 3 unspecified atom stereocenters. The van der Waals surface area contributed by atoms with Crippen molar-refractivity contribution in [2.45, 2.75) is 57.5 Å². The molecule has 3 atom stereocenters. The molecule has 2 saturated heterocycles. The SMILES string of the molecule is CCC1CCNC(C(=O)N2CCCCC2C(N)=O)C1. The Morgan fingerprint density at radius 3 is 2.79 bits per heavy atom. The van der Waals surface area contributed by atoms with E-state index in [1.54, 1.807) is 4.90 Å². The van der Waals surface area contributed by atoms with Crippen LogP contribution in [-0.4, -0.2) is 41.9 Å². The summed E-state index contributed by atoms with van der Waals surface area (Å²) in [5.74, 6) is 0.324. The van der Waals surface area contributed by atoms with Crippen LogP contribution in [0, 0.1) is 5.92 Å². The van der Waals surface area contributed by atoms with Gasteiger partial charge in [0.25, 0.3) is 0 Å². The molecule has 0 radical (unpaired) electrons. The van der Waals surface area contributed by atoms with Crippen LogP contribution < -0.4 is 11.1 Å². The first-order chi connectivity index (χ1) is 9.13. The van der Waals surface area contributed by atoms with Gasteiger partial charge < -0.3 is 16.0 Å². The molecule has 2 heterocycles. The molecule has 3 N–H and O–H groups in total. The Balaban J connectivity index is 2.02. The molecule has 0 saturated carbocycles. The highest BCUT2D eigenvalue weighted by molar-refractivity contribution is 5.89. The van der Waals surface area contributed by atoms with Crippen LogP contribution in [0.5, 0.6) is 0 Å². The van der Waals surface area contributed by atoms with E-state index in [0.29, 0.717) is 18.9 Å². The number of nitrogens with zero attached hydrogens (tertiary/aromatic N) is 1. The number of piperidine rings is 2. The first-order valence-electron chi connectivity index (χ1n) is 7.46. The second-order valence-electron chi connectivity index (χ2n) is 5.75. The highest BCUT2D eigenvalue weighted by Crippen LogP contribution is 2.23. The zero-order valence-electron chi connectivity index (χ0n) is 11.7. The minimum atomic E-state index is -0.398. The van der Waals surface area contributed by atoms with Gasteiger partial charge in [0, 0.05) is 6.54 Å². The second kappa shape index (κ2) is 6.37. The first kappa shape index (κ1) is 14.3. The fourth-order valence-electron chi connectivity index (χ4n) is 3.25. The smallest absolute Gasteiger partial charge is 0.240 e. The number of likely N-dealkylation sites (tertiary alicyclic amines) is 1. The number of amides is 2. The van der Waals surface area contributed by atoms with Crippen LogP contribution in [0.1, 0.15) is 45.4 Å². The molecule has 108 valence electrons. The van der Waals surface area contributed by atoms with Gasteiger partial charge in [-0.15, -0.1) is 0 Å². The Bertz CT molecular complexity index is 346. The third-order valence-corrected chi connectivity index (χ3v) is 4.50. The highest BCUT2D eigenvalue weighted by atomic mass is 16.2. The lowest BCUT2D eigenvalue weighted by Gasteiger charge is -2.38. The molecule has 0 aromatic rings. The molecule has 0 aromatic carbocycles. The maximum Gasteiger partial charge on any atom is 0.240 e. The number of nitrogens with one attached hydrogen (secondary N) is 1. The van der Waals surface area contributed by atoms with Crippen molar-refractivity contribution in [3.63, 3.8) is 0 Å². The predicted molar refractivity (Wildman–Crippen MR) is 73.4 cm³/mol. The summed E-state index contributed by atoms with van der Waals surface area (Å²) in [5, 5.41) is 3.30. The minimum Gasteiger partial charge on any atom is -0.368 e. The highest BCUT2D eigenvalue weighted by Gasteiger charge is 2.36. The fraction of sp³-hybridized carbons (Fsp3) is 0.857. The average molecular weight is 267 g/mol. The van der Waals surface area contributed by atoms with Gasteiger partial charge in [0.2, 0.25) is 11.8 Å². The van der Waals surface area contributed by atoms with Crippen molar-refractivity contribution in [1.29, 1.82) is 0 Å². The van der Waals surface area contributed by atoms with E-state index in [0.717, 1.165) is 38.6 Å². The average Bonchev–Trinajstić information content (AvgIpc) is 2.46. The zero-order valence-corrected chi connectivity index (χ0v) is 11.7. The molecule has 0 spiro atoms. The Hall–Kier alpha value is -1.10. The van der Waals surface area contributed by atoms with E-state index >= 15 is 0 Å². The molecule has 2 aliphatic rings. The molecule has 5 heteroatoms. The van der Waals surface area contributed by atoms with E-state index < -0.39 is 6.04 Å². The molecule has 0 bridgehead atoms. The lowest BCUT2D eigenvalue weighted by atomic mass is 9.89. The van der Waals surface area contributed by atoms with Crippen LogP contribution in [0.3, 0.4) is 0 Å². The minimum absolute atomic E-state index is 0.0710. The van der Waals surface area contributed by atoms with E-state index in [-0.39, 0.29) is 17.9 Å². The van der Waals surface area contributed by atoms with Gasteiger partial charge in [-0.05, 0) is 44.6 Å². The van der Waals surface area contributed by atoms with Gasteiger partial charge in [0.05, 0.1) is 6.04 Å². The third-order valence-electron chi connectivity index (χ3n) is 4.50. The molecular weight excluding hydrogens is 242 g/mol. The van der Waals surface area contributed by atoms with Crippen LogP contribution in [0.15, 0.2) is 0 Å². The van der Waals surface area contributed by atoms with Gasteiger partial charge in [-0.1, -0.05) is 13.3 Å². The van der Waals surface area contributed by atoms with Crippen LogP contribution in [-0.2, 0) is 9.59 Å². The van der Waals surface area contributed by atoms with Crippen LogP contribution in [0.2, 0.25) is 0 Å². The number of carbonyl (C=O) groups is 2. The summed E-state index contributed by atoms with van der Waals surface area (Å²) < 4.78 is 0. The molecule has 2 aliphatic heterocycles. The molecular formula is C14H25N3O2. The lowest BCUT2D eigenvalue weighted by Crippen LogP contribution is -2.57. The van der Waals surface area contributed by atoms with E-state index in [9.17, 15) is 9.59 Å². The van der Waals surface area contributed by atoms with Gasteiger partial charge in [-0.2, -0.15) is 0 Å². The Morgan fingerprint density at radius 1 is 1.32 bits per heavy atom.